The molecule has 0 bridgehead atoms. The van der Waals surface area contributed by atoms with Crippen LogP contribution in [0.5, 0.6) is 0 Å². The van der Waals surface area contributed by atoms with Crippen molar-refractivity contribution in [1.29, 1.82) is 0 Å². The van der Waals surface area contributed by atoms with Crippen molar-refractivity contribution >= 4 is 10.4 Å². The third-order valence-electron chi connectivity index (χ3n) is 1.75. The van der Waals surface area contributed by atoms with Gasteiger partial charge in [0, 0.05) is 6.54 Å². The Morgan fingerprint density at radius 2 is 1.85 bits per heavy atom. The van der Waals surface area contributed by atoms with E-state index in [4.69, 9.17) is 4.55 Å². The van der Waals surface area contributed by atoms with E-state index in [0.29, 0.717) is 6.42 Å². The number of rotatable bonds is 7. The number of hydrogen-bond acceptors (Lipinski definition) is 4. The molecule has 0 amide bonds. The molecule has 0 rings (SSSR count). The van der Waals surface area contributed by atoms with Crippen LogP contribution in [0, 0.1) is 0 Å². The Balaban J connectivity index is 3.45. The Hall–Kier alpha value is -0.170. The minimum atomic E-state index is -4.25. The maximum atomic E-state index is 10.1. The first-order valence-electron chi connectivity index (χ1n) is 4.33. The molecule has 0 unspecified atom stereocenters. The van der Waals surface area contributed by atoms with Crippen molar-refractivity contribution in [2.45, 2.75) is 20.3 Å². The molecule has 5 nitrogen and oxygen atoms in total. The van der Waals surface area contributed by atoms with Gasteiger partial charge in [0.1, 0.15) is 0 Å². The Morgan fingerprint density at radius 3 is 2.23 bits per heavy atom. The van der Waals surface area contributed by atoms with Crippen molar-refractivity contribution in [2.75, 3.05) is 26.2 Å². The molecule has 0 aromatic rings. The molecule has 0 aromatic heterocycles. The monoisotopic (exact) mass is 211 g/mol. The molecule has 0 fully saturated rings. The summed E-state index contributed by atoms with van der Waals surface area (Å²) in [7, 11) is -4.25. The van der Waals surface area contributed by atoms with E-state index < -0.39 is 10.4 Å². The summed E-state index contributed by atoms with van der Waals surface area (Å²) in [5.41, 5.74) is 0. The maximum Gasteiger partial charge on any atom is 0.397 e. The van der Waals surface area contributed by atoms with Gasteiger partial charge in [-0.15, -0.1) is 0 Å². The van der Waals surface area contributed by atoms with E-state index in [2.05, 4.69) is 9.08 Å². The summed E-state index contributed by atoms with van der Waals surface area (Å²) in [4.78, 5) is 2.15. The summed E-state index contributed by atoms with van der Waals surface area (Å²) in [5.74, 6) is 0. The van der Waals surface area contributed by atoms with Crippen LogP contribution >= 0.6 is 0 Å². The molecule has 80 valence electrons. The van der Waals surface area contributed by atoms with Crippen LogP contribution in [0.1, 0.15) is 20.3 Å². The molecule has 0 radical (unpaired) electrons. The van der Waals surface area contributed by atoms with Crippen molar-refractivity contribution in [3.8, 4) is 0 Å². The first kappa shape index (κ1) is 12.8. The molecule has 0 heterocycles. The third kappa shape index (κ3) is 8.17. The molecule has 0 aliphatic rings. The van der Waals surface area contributed by atoms with Crippen LogP contribution in [-0.4, -0.2) is 44.1 Å². The minimum Gasteiger partial charge on any atom is -0.304 e. The zero-order valence-electron chi connectivity index (χ0n) is 8.06. The molecule has 0 aliphatic heterocycles. The lowest BCUT2D eigenvalue weighted by molar-refractivity contribution is 0.231. The third-order valence-corrected chi connectivity index (χ3v) is 2.21. The van der Waals surface area contributed by atoms with E-state index >= 15 is 0 Å². The summed E-state index contributed by atoms with van der Waals surface area (Å²) < 4.78 is 32.7. The van der Waals surface area contributed by atoms with E-state index in [1.807, 2.05) is 13.8 Å². The largest absolute Gasteiger partial charge is 0.397 e. The highest BCUT2D eigenvalue weighted by molar-refractivity contribution is 7.80. The molecule has 6 heteroatoms. The lowest BCUT2D eigenvalue weighted by Crippen LogP contribution is -2.25. The van der Waals surface area contributed by atoms with Gasteiger partial charge in [0.2, 0.25) is 0 Å². The van der Waals surface area contributed by atoms with Crippen molar-refractivity contribution in [1.82, 2.24) is 4.90 Å². The Kier molecular flexibility index (Phi) is 6.23. The topological polar surface area (TPSA) is 66.8 Å². The van der Waals surface area contributed by atoms with Crippen molar-refractivity contribution in [3.63, 3.8) is 0 Å². The van der Waals surface area contributed by atoms with Gasteiger partial charge in [0.05, 0.1) is 6.61 Å². The van der Waals surface area contributed by atoms with Gasteiger partial charge in [-0.05, 0) is 19.5 Å². The summed E-state index contributed by atoms with van der Waals surface area (Å²) in [6.45, 7) is 6.75. The van der Waals surface area contributed by atoms with E-state index in [1.54, 1.807) is 0 Å². The minimum absolute atomic E-state index is 0.0370. The predicted octanol–water partition coefficient (Wildman–Crippen LogP) is 0.538. The number of hydrogen-bond donors (Lipinski definition) is 1. The molecule has 0 saturated heterocycles. The van der Waals surface area contributed by atoms with E-state index in [0.717, 1.165) is 19.6 Å². The molecule has 0 atom stereocenters. The number of nitrogens with zero attached hydrogens (tertiary/aromatic N) is 1. The predicted molar refractivity (Wildman–Crippen MR) is 49.9 cm³/mol. The zero-order valence-corrected chi connectivity index (χ0v) is 8.88. The highest BCUT2D eigenvalue weighted by Gasteiger charge is 2.04. The molecular formula is C7H17NO4S. The van der Waals surface area contributed by atoms with Gasteiger partial charge < -0.3 is 4.90 Å². The first-order valence-corrected chi connectivity index (χ1v) is 5.70. The smallest absolute Gasteiger partial charge is 0.304 e. The standard InChI is InChI=1S/C7H17NO4S/c1-3-8(4-2)6-5-7-12-13(9,10)11/h3-7H2,1-2H3,(H,9,10,11). The second-order valence-electron chi connectivity index (χ2n) is 2.63. The Bertz CT molecular complexity index is 211. The molecule has 0 aromatic carbocycles. The van der Waals surface area contributed by atoms with Crippen molar-refractivity contribution in [2.24, 2.45) is 0 Å². The average Bonchev–Trinajstić information content (AvgIpc) is 2.03. The normalized spacial score (nSPS) is 12.3. The lowest BCUT2D eigenvalue weighted by atomic mass is 10.4. The van der Waals surface area contributed by atoms with Crippen LogP contribution in [0.3, 0.4) is 0 Å². The van der Waals surface area contributed by atoms with E-state index in [-0.39, 0.29) is 6.61 Å². The van der Waals surface area contributed by atoms with E-state index in [1.165, 1.54) is 0 Å². The molecule has 1 N–H and O–H groups in total. The fourth-order valence-corrected chi connectivity index (χ4v) is 1.32. The molecule has 13 heavy (non-hydrogen) atoms. The highest BCUT2D eigenvalue weighted by Crippen LogP contribution is 1.93. The van der Waals surface area contributed by atoms with Gasteiger partial charge in [-0.3, -0.25) is 4.55 Å². The Labute approximate surface area is 79.6 Å². The van der Waals surface area contributed by atoms with Crippen LogP contribution in [0.2, 0.25) is 0 Å². The average molecular weight is 211 g/mol. The Morgan fingerprint density at radius 1 is 1.31 bits per heavy atom. The van der Waals surface area contributed by atoms with Crippen LogP contribution in [-0.2, 0) is 14.6 Å². The molecule has 0 saturated carbocycles. The lowest BCUT2D eigenvalue weighted by Gasteiger charge is -2.16. The van der Waals surface area contributed by atoms with Crippen LogP contribution in [0.4, 0.5) is 0 Å². The van der Waals surface area contributed by atoms with Gasteiger partial charge in [-0.2, -0.15) is 8.42 Å². The second kappa shape index (κ2) is 6.31. The second-order valence-corrected chi connectivity index (χ2v) is 3.72. The van der Waals surface area contributed by atoms with Gasteiger partial charge >= 0.3 is 10.4 Å². The fraction of sp³-hybridized carbons (Fsp3) is 1.00. The SMILES string of the molecule is CCN(CC)CCCOS(=O)(=O)O. The molecular weight excluding hydrogens is 194 g/mol. The highest BCUT2D eigenvalue weighted by atomic mass is 32.3. The van der Waals surface area contributed by atoms with Gasteiger partial charge in [-0.25, -0.2) is 4.18 Å². The van der Waals surface area contributed by atoms with Crippen LogP contribution < -0.4 is 0 Å². The van der Waals surface area contributed by atoms with Crippen LogP contribution in [0.25, 0.3) is 0 Å². The fourth-order valence-electron chi connectivity index (χ4n) is 0.992. The maximum absolute atomic E-state index is 10.1. The van der Waals surface area contributed by atoms with E-state index in [9.17, 15) is 8.42 Å². The summed E-state index contributed by atoms with van der Waals surface area (Å²) >= 11 is 0. The van der Waals surface area contributed by atoms with Gasteiger partial charge in [-0.1, -0.05) is 13.8 Å². The van der Waals surface area contributed by atoms with Gasteiger partial charge in [0.15, 0.2) is 0 Å². The van der Waals surface area contributed by atoms with Crippen molar-refractivity contribution < 1.29 is 17.2 Å². The van der Waals surface area contributed by atoms with Gasteiger partial charge in [0.25, 0.3) is 0 Å². The summed E-state index contributed by atoms with van der Waals surface area (Å²) in [6, 6.07) is 0. The first-order chi connectivity index (χ1) is 5.99. The van der Waals surface area contributed by atoms with Crippen LogP contribution in [0.15, 0.2) is 0 Å². The zero-order chi connectivity index (χ0) is 10.3. The summed E-state index contributed by atoms with van der Waals surface area (Å²) in [5, 5.41) is 0. The van der Waals surface area contributed by atoms with Crippen molar-refractivity contribution in [3.05, 3.63) is 0 Å². The molecule has 0 spiro atoms. The quantitative estimate of drug-likeness (QED) is 0.491. The molecule has 0 aliphatic carbocycles. The summed E-state index contributed by atoms with van der Waals surface area (Å²) in [6.07, 6.45) is 0.599.